The predicted octanol–water partition coefficient (Wildman–Crippen LogP) is 3.49. The van der Waals surface area contributed by atoms with Gasteiger partial charge in [0.05, 0.1) is 11.9 Å². The molecule has 0 unspecified atom stereocenters. The molecule has 4 heteroatoms. The van der Waals surface area contributed by atoms with E-state index in [0.29, 0.717) is 17.9 Å². The Morgan fingerprint density at radius 2 is 2.10 bits per heavy atom. The van der Waals surface area contributed by atoms with Crippen LogP contribution in [0.5, 0.6) is 5.75 Å². The molecule has 1 aromatic heterocycles. The third-order valence-corrected chi connectivity index (χ3v) is 3.35. The number of nitrogens with one attached hydrogen (secondary N) is 1. The highest BCUT2D eigenvalue weighted by Gasteiger charge is 2.18. The zero-order valence-electron chi connectivity index (χ0n) is 12.6. The number of rotatable bonds is 5. The number of hydrogen-bond donors (Lipinski definition) is 1. The summed E-state index contributed by atoms with van der Waals surface area (Å²) < 4.78 is 5.80. The van der Waals surface area contributed by atoms with Gasteiger partial charge in [0.2, 0.25) is 0 Å². The minimum Gasteiger partial charge on any atom is -0.481 e. The third-order valence-electron chi connectivity index (χ3n) is 3.35. The lowest BCUT2D eigenvalue weighted by Crippen LogP contribution is -2.32. The summed E-state index contributed by atoms with van der Waals surface area (Å²) in [7, 11) is 0. The van der Waals surface area contributed by atoms with E-state index < -0.39 is 6.10 Å². The number of ether oxygens (including phenoxy) is 1. The van der Waals surface area contributed by atoms with Crippen LogP contribution in [0.2, 0.25) is 0 Å². The Bertz CT molecular complexity index is 611. The van der Waals surface area contributed by atoms with Crippen LogP contribution < -0.4 is 10.1 Å². The molecule has 110 valence electrons. The van der Waals surface area contributed by atoms with Crippen molar-refractivity contribution in [2.75, 3.05) is 5.32 Å². The van der Waals surface area contributed by atoms with E-state index in [1.807, 2.05) is 39.0 Å². The number of aryl methyl sites for hydroxylation is 2. The highest BCUT2D eigenvalue weighted by Crippen LogP contribution is 2.19. The van der Waals surface area contributed by atoms with E-state index in [9.17, 15) is 4.79 Å². The molecule has 0 aliphatic rings. The van der Waals surface area contributed by atoms with E-state index in [-0.39, 0.29) is 5.91 Å². The van der Waals surface area contributed by atoms with Crippen molar-refractivity contribution in [3.8, 4) is 5.75 Å². The molecule has 0 saturated carbocycles. The summed E-state index contributed by atoms with van der Waals surface area (Å²) in [5.74, 6) is 0.551. The Morgan fingerprint density at radius 1 is 1.29 bits per heavy atom. The number of pyridine rings is 1. The average molecular weight is 284 g/mol. The van der Waals surface area contributed by atoms with Gasteiger partial charge in [-0.25, -0.2) is 0 Å². The fourth-order valence-electron chi connectivity index (χ4n) is 1.93. The quantitative estimate of drug-likeness (QED) is 0.914. The van der Waals surface area contributed by atoms with Crippen LogP contribution in [0.15, 0.2) is 42.7 Å². The number of benzene rings is 1. The van der Waals surface area contributed by atoms with Crippen molar-refractivity contribution >= 4 is 11.6 Å². The minimum absolute atomic E-state index is 0.163. The zero-order chi connectivity index (χ0) is 15.2. The second-order valence-electron chi connectivity index (χ2n) is 4.99. The monoisotopic (exact) mass is 284 g/mol. The molecule has 0 spiro atoms. The van der Waals surface area contributed by atoms with Crippen LogP contribution in [0.1, 0.15) is 24.5 Å². The van der Waals surface area contributed by atoms with Crippen molar-refractivity contribution < 1.29 is 9.53 Å². The van der Waals surface area contributed by atoms with Gasteiger partial charge >= 0.3 is 0 Å². The second-order valence-corrected chi connectivity index (χ2v) is 4.99. The summed E-state index contributed by atoms with van der Waals surface area (Å²) in [6, 6.07) is 9.42. The molecule has 4 nitrogen and oxygen atoms in total. The van der Waals surface area contributed by atoms with Gasteiger partial charge in [-0.05, 0) is 55.7 Å². The smallest absolute Gasteiger partial charge is 0.265 e. The van der Waals surface area contributed by atoms with Crippen molar-refractivity contribution in [2.24, 2.45) is 0 Å². The maximum absolute atomic E-state index is 12.2. The Balaban J connectivity index is 2.05. The van der Waals surface area contributed by atoms with E-state index in [1.165, 1.54) is 5.56 Å². The van der Waals surface area contributed by atoms with Gasteiger partial charge < -0.3 is 10.1 Å². The van der Waals surface area contributed by atoms with Crippen molar-refractivity contribution in [1.29, 1.82) is 0 Å². The molecule has 2 aromatic rings. The third kappa shape index (κ3) is 4.05. The van der Waals surface area contributed by atoms with Crippen LogP contribution in [-0.4, -0.2) is 17.0 Å². The van der Waals surface area contributed by atoms with Crippen molar-refractivity contribution in [3.05, 3.63) is 53.9 Å². The number of anilines is 1. The molecule has 1 N–H and O–H groups in total. The first-order chi connectivity index (χ1) is 10.1. The lowest BCUT2D eigenvalue weighted by atomic mass is 10.1. The largest absolute Gasteiger partial charge is 0.481 e. The lowest BCUT2D eigenvalue weighted by molar-refractivity contribution is -0.122. The number of aromatic nitrogens is 1. The van der Waals surface area contributed by atoms with Gasteiger partial charge in [-0.1, -0.05) is 13.0 Å². The molecule has 2 rings (SSSR count). The van der Waals surface area contributed by atoms with Crippen LogP contribution in [-0.2, 0) is 4.79 Å². The summed E-state index contributed by atoms with van der Waals surface area (Å²) in [5.41, 5.74) is 3.02. The van der Waals surface area contributed by atoms with Crippen LogP contribution >= 0.6 is 0 Å². The number of amides is 1. The standard InChI is InChI=1S/C17H20N2O2/c1-4-16(17(20)19-14-6-5-9-18-11-14)21-15-8-7-12(2)13(3)10-15/h5-11,16H,4H2,1-3H3,(H,19,20)/t16-/m1/s1. The Hall–Kier alpha value is -2.36. The average Bonchev–Trinajstić information content (AvgIpc) is 2.49. The molecule has 0 bridgehead atoms. The lowest BCUT2D eigenvalue weighted by Gasteiger charge is -2.18. The predicted molar refractivity (Wildman–Crippen MR) is 83.5 cm³/mol. The first kappa shape index (κ1) is 15.0. The zero-order valence-corrected chi connectivity index (χ0v) is 12.6. The van der Waals surface area contributed by atoms with Crippen LogP contribution in [0.3, 0.4) is 0 Å². The van der Waals surface area contributed by atoms with Crippen molar-refractivity contribution in [1.82, 2.24) is 4.98 Å². The molecular formula is C17H20N2O2. The molecule has 0 saturated heterocycles. The highest BCUT2D eigenvalue weighted by atomic mass is 16.5. The number of carbonyl (C=O) groups excluding carboxylic acids is 1. The first-order valence-corrected chi connectivity index (χ1v) is 7.05. The maximum Gasteiger partial charge on any atom is 0.265 e. The molecule has 1 heterocycles. The van der Waals surface area contributed by atoms with Crippen LogP contribution in [0, 0.1) is 13.8 Å². The molecule has 0 fully saturated rings. The van der Waals surface area contributed by atoms with Gasteiger partial charge in [0.15, 0.2) is 6.10 Å². The van der Waals surface area contributed by atoms with Gasteiger partial charge in [-0.3, -0.25) is 9.78 Å². The van der Waals surface area contributed by atoms with Gasteiger partial charge in [-0.15, -0.1) is 0 Å². The molecule has 0 radical (unpaired) electrons. The topological polar surface area (TPSA) is 51.2 Å². The normalized spacial score (nSPS) is 11.8. The Labute approximate surface area is 125 Å². The summed E-state index contributed by atoms with van der Waals surface area (Å²) in [6.07, 6.45) is 3.35. The highest BCUT2D eigenvalue weighted by molar-refractivity contribution is 5.94. The molecule has 1 amide bonds. The fourth-order valence-corrected chi connectivity index (χ4v) is 1.93. The van der Waals surface area contributed by atoms with Gasteiger partial charge in [0, 0.05) is 6.20 Å². The molecule has 1 aromatic carbocycles. The minimum atomic E-state index is -0.521. The van der Waals surface area contributed by atoms with Gasteiger partial charge in [-0.2, -0.15) is 0 Å². The molecule has 0 aliphatic heterocycles. The fraction of sp³-hybridized carbons (Fsp3) is 0.294. The SMILES string of the molecule is CC[C@@H](Oc1ccc(C)c(C)c1)C(=O)Nc1cccnc1. The number of carbonyl (C=O) groups is 1. The van der Waals surface area contributed by atoms with Crippen LogP contribution in [0.25, 0.3) is 0 Å². The van der Waals surface area contributed by atoms with E-state index in [2.05, 4.69) is 10.3 Å². The maximum atomic E-state index is 12.2. The molecule has 1 atom stereocenters. The van der Waals surface area contributed by atoms with Crippen molar-refractivity contribution in [2.45, 2.75) is 33.3 Å². The summed E-state index contributed by atoms with van der Waals surface area (Å²) >= 11 is 0. The van der Waals surface area contributed by atoms with E-state index >= 15 is 0 Å². The number of nitrogens with zero attached hydrogens (tertiary/aromatic N) is 1. The first-order valence-electron chi connectivity index (χ1n) is 7.05. The summed E-state index contributed by atoms with van der Waals surface area (Å²) in [6.45, 7) is 6.00. The second kappa shape index (κ2) is 6.88. The van der Waals surface area contributed by atoms with E-state index in [4.69, 9.17) is 4.74 Å². The van der Waals surface area contributed by atoms with E-state index in [0.717, 1.165) is 5.56 Å². The van der Waals surface area contributed by atoms with Gasteiger partial charge in [0.25, 0.3) is 5.91 Å². The van der Waals surface area contributed by atoms with E-state index in [1.54, 1.807) is 24.5 Å². The molecule has 21 heavy (non-hydrogen) atoms. The molecular weight excluding hydrogens is 264 g/mol. The van der Waals surface area contributed by atoms with Crippen LogP contribution in [0.4, 0.5) is 5.69 Å². The van der Waals surface area contributed by atoms with Gasteiger partial charge in [0.1, 0.15) is 5.75 Å². The van der Waals surface area contributed by atoms with Crippen molar-refractivity contribution in [3.63, 3.8) is 0 Å². The summed E-state index contributed by atoms with van der Waals surface area (Å²) in [4.78, 5) is 16.2. The molecule has 0 aliphatic carbocycles. The number of hydrogen-bond acceptors (Lipinski definition) is 3. The summed E-state index contributed by atoms with van der Waals surface area (Å²) in [5, 5.41) is 2.81. The Kier molecular flexibility index (Phi) is 4.93. The Morgan fingerprint density at radius 3 is 2.71 bits per heavy atom.